The molecule has 2 aromatic rings. The van der Waals surface area contributed by atoms with Crippen molar-refractivity contribution in [3.8, 4) is 0 Å². The second-order valence-corrected chi connectivity index (χ2v) is 8.38. The van der Waals surface area contributed by atoms with Crippen molar-refractivity contribution in [3.63, 3.8) is 0 Å². The number of nitrogens with one attached hydrogen (secondary N) is 2. The number of furan rings is 1. The van der Waals surface area contributed by atoms with Crippen molar-refractivity contribution in [2.24, 2.45) is 5.92 Å². The Morgan fingerprint density at radius 1 is 1.19 bits per heavy atom. The number of fused-ring (bicyclic) bond motifs is 1. The van der Waals surface area contributed by atoms with Gasteiger partial charge in [0, 0.05) is 17.5 Å². The molecule has 6 heteroatoms. The summed E-state index contributed by atoms with van der Waals surface area (Å²) in [5.74, 6) is 0.685. The first-order valence-electron chi connectivity index (χ1n) is 9.60. The van der Waals surface area contributed by atoms with Gasteiger partial charge in [0.05, 0.1) is 6.54 Å². The fraction of sp³-hybridized carbons (Fsp3) is 0.524. The second kappa shape index (κ2) is 8.13. The van der Waals surface area contributed by atoms with Crippen LogP contribution in [-0.4, -0.2) is 48.4 Å². The number of nitrogens with zero attached hydrogens (tertiary/aromatic N) is 1. The molecule has 0 unspecified atom stereocenters. The molecule has 2 heterocycles. The Morgan fingerprint density at radius 3 is 2.56 bits per heavy atom. The molecule has 1 saturated heterocycles. The zero-order valence-electron chi connectivity index (χ0n) is 16.4. The number of hydrogen-bond acceptors (Lipinski definition) is 4. The van der Waals surface area contributed by atoms with Crippen LogP contribution in [0.3, 0.4) is 0 Å². The highest BCUT2D eigenvalue weighted by Crippen LogP contribution is 2.20. The molecular weight excluding hydrogens is 342 g/mol. The van der Waals surface area contributed by atoms with E-state index in [9.17, 15) is 9.59 Å². The summed E-state index contributed by atoms with van der Waals surface area (Å²) in [6.07, 6.45) is 1.95. The van der Waals surface area contributed by atoms with Gasteiger partial charge in [0.25, 0.3) is 5.91 Å². The third-order valence-corrected chi connectivity index (χ3v) is 4.79. The summed E-state index contributed by atoms with van der Waals surface area (Å²) >= 11 is 0. The Bertz CT molecular complexity index is 765. The van der Waals surface area contributed by atoms with E-state index in [1.807, 2.05) is 45.0 Å². The van der Waals surface area contributed by atoms with E-state index < -0.39 is 0 Å². The Balaban J connectivity index is 1.41. The Morgan fingerprint density at radius 2 is 1.89 bits per heavy atom. The zero-order valence-corrected chi connectivity index (χ0v) is 16.4. The normalized spacial score (nSPS) is 16.4. The van der Waals surface area contributed by atoms with Gasteiger partial charge in [0.15, 0.2) is 5.76 Å². The van der Waals surface area contributed by atoms with Crippen molar-refractivity contribution in [3.05, 3.63) is 36.1 Å². The van der Waals surface area contributed by atoms with Crippen molar-refractivity contribution < 1.29 is 14.0 Å². The summed E-state index contributed by atoms with van der Waals surface area (Å²) < 4.78 is 5.61. The van der Waals surface area contributed by atoms with Gasteiger partial charge in [-0.15, -0.1) is 0 Å². The molecular formula is C21H29N3O3. The van der Waals surface area contributed by atoms with Crippen LogP contribution in [0, 0.1) is 5.92 Å². The lowest BCUT2D eigenvalue weighted by atomic mass is 9.96. The van der Waals surface area contributed by atoms with Crippen molar-refractivity contribution in [2.45, 2.75) is 39.2 Å². The summed E-state index contributed by atoms with van der Waals surface area (Å²) in [5.41, 5.74) is 0.528. The Hall–Kier alpha value is -2.34. The molecule has 2 amide bonds. The third kappa shape index (κ3) is 5.57. The first-order chi connectivity index (χ1) is 12.8. The highest BCUT2D eigenvalue weighted by Gasteiger charge is 2.23. The largest absolute Gasteiger partial charge is 0.451 e. The molecule has 0 spiro atoms. The Labute approximate surface area is 160 Å². The molecule has 146 valence electrons. The number of carbonyl (C=O) groups excluding carboxylic acids is 2. The minimum atomic E-state index is -0.198. The first kappa shape index (κ1) is 19.4. The van der Waals surface area contributed by atoms with Gasteiger partial charge in [-0.3, -0.25) is 14.5 Å². The van der Waals surface area contributed by atoms with Gasteiger partial charge in [0.1, 0.15) is 5.58 Å². The summed E-state index contributed by atoms with van der Waals surface area (Å²) in [6, 6.07) is 9.39. The molecule has 1 aliphatic heterocycles. The number of benzene rings is 1. The van der Waals surface area contributed by atoms with Crippen molar-refractivity contribution in [1.29, 1.82) is 0 Å². The second-order valence-electron chi connectivity index (χ2n) is 8.38. The van der Waals surface area contributed by atoms with Crippen LogP contribution >= 0.6 is 0 Å². The minimum Gasteiger partial charge on any atom is -0.451 e. The number of rotatable bonds is 5. The van der Waals surface area contributed by atoms with Crippen LogP contribution < -0.4 is 10.6 Å². The molecule has 1 fully saturated rings. The molecule has 27 heavy (non-hydrogen) atoms. The number of likely N-dealkylation sites (tertiary alicyclic amines) is 1. The van der Waals surface area contributed by atoms with Gasteiger partial charge in [-0.25, -0.2) is 0 Å². The lowest BCUT2D eigenvalue weighted by Gasteiger charge is -2.32. The summed E-state index contributed by atoms with van der Waals surface area (Å²) in [5, 5.41) is 6.92. The minimum absolute atomic E-state index is 0.0686. The Kier molecular flexibility index (Phi) is 5.85. The van der Waals surface area contributed by atoms with Gasteiger partial charge in [-0.1, -0.05) is 18.2 Å². The van der Waals surface area contributed by atoms with Crippen LogP contribution in [0.2, 0.25) is 0 Å². The van der Waals surface area contributed by atoms with E-state index in [0.717, 1.165) is 36.9 Å². The average molecular weight is 371 g/mol. The molecule has 0 bridgehead atoms. The van der Waals surface area contributed by atoms with E-state index in [1.54, 1.807) is 6.07 Å². The standard InChI is InChI=1S/C21H29N3O3/c1-21(2,3)23-19(25)14-24-10-8-15(9-11-24)13-22-20(26)18-12-16-6-4-5-7-17(16)27-18/h4-7,12,15H,8-11,13-14H2,1-3H3,(H,22,26)(H,23,25). The molecule has 3 rings (SSSR count). The molecule has 1 aromatic carbocycles. The van der Waals surface area contributed by atoms with Gasteiger partial charge in [-0.2, -0.15) is 0 Å². The van der Waals surface area contributed by atoms with Crippen LogP contribution in [-0.2, 0) is 4.79 Å². The number of para-hydroxylation sites is 1. The van der Waals surface area contributed by atoms with Gasteiger partial charge < -0.3 is 15.1 Å². The summed E-state index contributed by atoms with van der Waals surface area (Å²) in [4.78, 5) is 26.5. The molecule has 1 aliphatic rings. The van der Waals surface area contributed by atoms with E-state index in [-0.39, 0.29) is 17.4 Å². The summed E-state index contributed by atoms with van der Waals surface area (Å²) in [7, 11) is 0. The topological polar surface area (TPSA) is 74.6 Å². The van der Waals surface area contributed by atoms with E-state index in [1.165, 1.54) is 0 Å². The number of amides is 2. The van der Waals surface area contributed by atoms with E-state index in [2.05, 4.69) is 15.5 Å². The molecule has 0 saturated carbocycles. The zero-order chi connectivity index (χ0) is 19.4. The number of piperidine rings is 1. The van der Waals surface area contributed by atoms with Crippen LogP contribution in [0.4, 0.5) is 0 Å². The first-order valence-corrected chi connectivity index (χ1v) is 9.60. The van der Waals surface area contributed by atoms with E-state index in [0.29, 0.717) is 24.8 Å². The fourth-order valence-electron chi connectivity index (χ4n) is 3.43. The number of carbonyl (C=O) groups is 2. The molecule has 6 nitrogen and oxygen atoms in total. The van der Waals surface area contributed by atoms with E-state index >= 15 is 0 Å². The van der Waals surface area contributed by atoms with Crippen LogP contribution in [0.1, 0.15) is 44.2 Å². The number of hydrogen-bond donors (Lipinski definition) is 2. The average Bonchev–Trinajstić information content (AvgIpc) is 3.03. The lowest BCUT2D eigenvalue weighted by Crippen LogP contribution is -2.48. The van der Waals surface area contributed by atoms with Gasteiger partial charge >= 0.3 is 0 Å². The lowest BCUT2D eigenvalue weighted by molar-refractivity contribution is -0.124. The predicted octanol–water partition coefficient (Wildman–Crippen LogP) is 2.79. The quantitative estimate of drug-likeness (QED) is 0.848. The van der Waals surface area contributed by atoms with E-state index in [4.69, 9.17) is 4.42 Å². The van der Waals surface area contributed by atoms with Gasteiger partial charge in [0.2, 0.25) is 5.91 Å². The SMILES string of the molecule is CC(C)(C)NC(=O)CN1CCC(CNC(=O)c2cc3ccccc3o2)CC1. The maximum atomic E-state index is 12.3. The fourth-order valence-corrected chi connectivity index (χ4v) is 3.43. The monoisotopic (exact) mass is 371 g/mol. The molecule has 2 N–H and O–H groups in total. The van der Waals surface area contributed by atoms with Crippen LogP contribution in [0.15, 0.2) is 34.7 Å². The van der Waals surface area contributed by atoms with Crippen molar-refractivity contribution >= 4 is 22.8 Å². The summed E-state index contributed by atoms with van der Waals surface area (Å²) in [6.45, 7) is 8.80. The van der Waals surface area contributed by atoms with Crippen LogP contribution in [0.5, 0.6) is 0 Å². The molecule has 0 atom stereocenters. The molecule has 1 aromatic heterocycles. The molecule has 0 radical (unpaired) electrons. The highest BCUT2D eigenvalue weighted by atomic mass is 16.3. The third-order valence-electron chi connectivity index (χ3n) is 4.79. The van der Waals surface area contributed by atoms with Crippen molar-refractivity contribution in [2.75, 3.05) is 26.2 Å². The maximum Gasteiger partial charge on any atom is 0.287 e. The van der Waals surface area contributed by atoms with Gasteiger partial charge in [-0.05, 0) is 64.8 Å². The van der Waals surface area contributed by atoms with Crippen LogP contribution in [0.25, 0.3) is 11.0 Å². The smallest absolute Gasteiger partial charge is 0.287 e. The molecule has 0 aliphatic carbocycles. The maximum absolute atomic E-state index is 12.3. The predicted molar refractivity (Wildman–Crippen MR) is 106 cm³/mol. The highest BCUT2D eigenvalue weighted by molar-refractivity contribution is 5.96. The van der Waals surface area contributed by atoms with Crippen molar-refractivity contribution in [1.82, 2.24) is 15.5 Å².